The van der Waals surface area contributed by atoms with Gasteiger partial charge in [0.2, 0.25) is 6.79 Å². The normalized spacial score (nSPS) is 16.0. The number of thiazole rings is 1. The number of benzene rings is 2. The molecule has 0 radical (unpaired) electrons. The van der Waals surface area contributed by atoms with Crippen LogP contribution < -0.4 is 9.47 Å². The van der Waals surface area contributed by atoms with Gasteiger partial charge in [-0.1, -0.05) is 11.6 Å². The summed E-state index contributed by atoms with van der Waals surface area (Å²) >= 11 is 7.77. The van der Waals surface area contributed by atoms with Gasteiger partial charge in [-0.2, -0.15) is 0 Å². The van der Waals surface area contributed by atoms with E-state index in [1.165, 1.54) is 12.1 Å². The number of fused-ring (bicyclic) bond motifs is 1. The Balaban J connectivity index is 1.19. The van der Waals surface area contributed by atoms with Crippen molar-refractivity contribution in [1.29, 1.82) is 0 Å². The van der Waals surface area contributed by atoms with Gasteiger partial charge in [-0.05, 0) is 36.4 Å². The average Bonchev–Trinajstić information content (AvgIpc) is 3.44. The van der Waals surface area contributed by atoms with Gasteiger partial charge in [0.1, 0.15) is 10.8 Å². The van der Waals surface area contributed by atoms with Crippen LogP contribution >= 0.6 is 22.9 Å². The first-order chi connectivity index (χ1) is 15.1. The summed E-state index contributed by atoms with van der Waals surface area (Å²) in [5.74, 6) is 0.685. The second-order valence-corrected chi connectivity index (χ2v) is 8.68. The van der Waals surface area contributed by atoms with E-state index < -0.39 is 0 Å². The standard InChI is InChI=1S/C22H19ClFN3O3S/c23-18-9-15(10-19-20(18)30-13-29-19)22(28)27-7-5-26(6-8-27)11-17-12-31-21(25-17)14-1-3-16(24)4-2-14/h1-4,9-10,12H,5-8,11,13H2. The number of piperazine rings is 1. The summed E-state index contributed by atoms with van der Waals surface area (Å²) in [7, 11) is 0. The predicted molar refractivity (Wildman–Crippen MR) is 116 cm³/mol. The van der Waals surface area contributed by atoms with Gasteiger partial charge >= 0.3 is 0 Å². The van der Waals surface area contributed by atoms with Crippen LogP contribution in [0.5, 0.6) is 11.5 Å². The molecule has 1 amide bonds. The Kier molecular flexibility index (Phi) is 5.52. The molecule has 0 atom stereocenters. The van der Waals surface area contributed by atoms with Crippen LogP contribution in [0.2, 0.25) is 5.02 Å². The molecule has 0 unspecified atom stereocenters. The van der Waals surface area contributed by atoms with Crippen LogP contribution in [0, 0.1) is 5.82 Å². The summed E-state index contributed by atoms with van der Waals surface area (Å²) in [6.07, 6.45) is 0. The molecule has 31 heavy (non-hydrogen) atoms. The number of amides is 1. The first-order valence-electron chi connectivity index (χ1n) is 9.88. The number of halogens is 2. The van der Waals surface area contributed by atoms with Gasteiger partial charge in [0.05, 0.1) is 10.7 Å². The lowest BCUT2D eigenvalue weighted by molar-refractivity contribution is 0.0627. The monoisotopic (exact) mass is 459 g/mol. The smallest absolute Gasteiger partial charge is 0.254 e. The van der Waals surface area contributed by atoms with Crippen molar-refractivity contribution in [3.8, 4) is 22.1 Å². The number of carbonyl (C=O) groups excluding carboxylic acids is 1. The minimum Gasteiger partial charge on any atom is -0.454 e. The maximum Gasteiger partial charge on any atom is 0.254 e. The fraction of sp³-hybridized carbons (Fsp3) is 0.273. The van der Waals surface area contributed by atoms with E-state index in [1.54, 1.807) is 35.6 Å². The lowest BCUT2D eigenvalue weighted by atomic mass is 10.1. The van der Waals surface area contributed by atoms with Gasteiger partial charge in [0.25, 0.3) is 5.91 Å². The highest BCUT2D eigenvalue weighted by Crippen LogP contribution is 2.40. The minimum atomic E-state index is -0.254. The van der Waals surface area contributed by atoms with E-state index in [9.17, 15) is 9.18 Å². The zero-order valence-electron chi connectivity index (χ0n) is 16.5. The van der Waals surface area contributed by atoms with Crippen molar-refractivity contribution in [3.63, 3.8) is 0 Å². The number of hydrogen-bond acceptors (Lipinski definition) is 6. The average molecular weight is 460 g/mol. The van der Waals surface area contributed by atoms with Gasteiger partial charge in [-0.3, -0.25) is 9.69 Å². The third kappa shape index (κ3) is 4.23. The number of aromatic nitrogens is 1. The van der Waals surface area contributed by atoms with Gasteiger partial charge < -0.3 is 14.4 Å². The molecule has 5 rings (SSSR count). The Bertz CT molecular complexity index is 1110. The van der Waals surface area contributed by atoms with Crippen LogP contribution in [0.4, 0.5) is 4.39 Å². The second-order valence-electron chi connectivity index (χ2n) is 7.41. The summed E-state index contributed by atoms with van der Waals surface area (Å²) in [4.78, 5) is 21.7. The molecule has 0 aliphatic carbocycles. The second kappa shape index (κ2) is 8.45. The maximum absolute atomic E-state index is 13.1. The summed E-state index contributed by atoms with van der Waals surface area (Å²) in [6, 6.07) is 9.70. The Morgan fingerprint density at radius 3 is 2.68 bits per heavy atom. The first-order valence-corrected chi connectivity index (χ1v) is 11.1. The van der Waals surface area contributed by atoms with Crippen LogP contribution in [-0.2, 0) is 6.54 Å². The number of nitrogens with zero attached hydrogens (tertiary/aromatic N) is 3. The van der Waals surface area contributed by atoms with Crippen molar-refractivity contribution in [3.05, 3.63) is 63.9 Å². The van der Waals surface area contributed by atoms with Gasteiger partial charge in [0, 0.05) is 49.2 Å². The van der Waals surface area contributed by atoms with E-state index in [4.69, 9.17) is 21.1 Å². The lowest BCUT2D eigenvalue weighted by Crippen LogP contribution is -2.48. The Morgan fingerprint density at radius 1 is 1.13 bits per heavy atom. The van der Waals surface area contributed by atoms with Gasteiger partial charge in [0.15, 0.2) is 11.5 Å². The van der Waals surface area contributed by atoms with Crippen molar-refractivity contribution in [1.82, 2.24) is 14.8 Å². The molecule has 6 nitrogen and oxygen atoms in total. The fourth-order valence-corrected chi connectivity index (χ4v) is 4.80. The molecule has 1 fully saturated rings. The molecule has 0 bridgehead atoms. The van der Waals surface area contributed by atoms with Crippen LogP contribution in [0.1, 0.15) is 16.1 Å². The molecule has 0 saturated carbocycles. The molecule has 2 aliphatic rings. The highest BCUT2D eigenvalue weighted by Gasteiger charge is 2.26. The van der Waals surface area contributed by atoms with E-state index in [1.807, 2.05) is 10.3 Å². The largest absolute Gasteiger partial charge is 0.454 e. The topological polar surface area (TPSA) is 54.9 Å². The predicted octanol–water partition coefficient (Wildman–Crippen LogP) is 4.29. The summed E-state index contributed by atoms with van der Waals surface area (Å²) < 4.78 is 23.8. The number of hydrogen-bond donors (Lipinski definition) is 0. The molecule has 2 aliphatic heterocycles. The van der Waals surface area contributed by atoms with E-state index in [-0.39, 0.29) is 18.5 Å². The molecule has 1 saturated heterocycles. The molecule has 0 spiro atoms. The fourth-order valence-electron chi connectivity index (χ4n) is 3.72. The van der Waals surface area contributed by atoms with Crippen molar-refractivity contribution < 1.29 is 18.7 Å². The highest BCUT2D eigenvalue weighted by atomic mass is 35.5. The quantitative estimate of drug-likeness (QED) is 0.582. The number of ether oxygens (including phenoxy) is 2. The third-order valence-corrected chi connectivity index (χ3v) is 6.58. The molecule has 160 valence electrons. The van der Waals surface area contributed by atoms with Crippen LogP contribution in [-0.4, -0.2) is 53.7 Å². The lowest BCUT2D eigenvalue weighted by Gasteiger charge is -2.34. The maximum atomic E-state index is 13.1. The Hall–Kier alpha value is -2.68. The molecule has 9 heteroatoms. The molecule has 3 heterocycles. The zero-order valence-corrected chi connectivity index (χ0v) is 18.1. The minimum absolute atomic E-state index is 0.0629. The van der Waals surface area contributed by atoms with Crippen molar-refractivity contribution in [2.45, 2.75) is 6.54 Å². The Labute approximate surface area is 187 Å². The van der Waals surface area contributed by atoms with E-state index in [0.717, 1.165) is 35.9 Å². The summed E-state index contributed by atoms with van der Waals surface area (Å²) in [5.41, 5.74) is 2.40. The third-order valence-electron chi connectivity index (χ3n) is 5.36. The van der Waals surface area contributed by atoms with Crippen LogP contribution in [0.15, 0.2) is 41.8 Å². The number of rotatable bonds is 4. The van der Waals surface area contributed by atoms with Gasteiger partial charge in [-0.15, -0.1) is 11.3 Å². The molecular weight excluding hydrogens is 441 g/mol. The van der Waals surface area contributed by atoms with Crippen molar-refractivity contribution in [2.75, 3.05) is 33.0 Å². The molecule has 0 N–H and O–H groups in total. The van der Waals surface area contributed by atoms with Crippen LogP contribution in [0.3, 0.4) is 0 Å². The van der Waals surface area contributed by atoms with E-state index in [0.29, 0.717) is 35.2 Å². The van der Waals surface area contributed by atoms with E-state index in [2.05, 4.69) is 9.88 Å². The molecule has 1 aromatic heterocycles. The summed E-state index contributed by atoms with van der Waals surface area (Å²) in [5, 5.41) is 3.30. The highest BCUT2D eigenvalue weighted by molar-refractivity contribution is 7.13. The van der Waals surface area contributed by atoms with E-state index >= 15 is 0 Å². The molecule has 2 aromatic carbocycles. The van der Waals surface area contributed by atoms with Crippen molar-refractivity contribution >= 4 is 28.8 Å². The zero-order chi connectivity index (χ0) is 21.4. The number of carbonyl (C=O) groups is 1. The SMILES string of the molecule is O=C(c1cc(Cl)c2c(c1)OCO2)N1CCN(Cc2csc(-c3ccc(F)cc3)n2)CC1. The first kappa shape index (κ1) is 20.2. The molecular formula is C22H19ClFN3O3S. The molecule has 3 aromatic rings. The summed E-state index contributed by atoms with van der Waals surface area (Å²) in [6.45, 7) is 3.60. The van der Waals surface area contributed by atoms with Crippen LogP contribution in [0.25, 0.3) is 10.6 Å². The van der Waals surface area contributed by atoms with Gasteiger partial charge in [-0.25, -0.2) is 9.37 Å². The van der Waals surface area contributed by atoms with Crippen molar-refractivity contribution in [2.24, 2.45) is 0 Å². The Morgan fingerprint density at radius 2 is 1.90 bits per heavy atom.